The summed E-state index contributed by atoms with van der Waals surface area (Å²) >= 11 is 7.30. The molecule has 0 spiro atoms. The van der Waals surface area contributed by atoms with Crippen LogP contribution in [0.2, 0.25) is 0 Å². The van der Waals surface area contributed by atoms with Gasteiger partial charge in [0.25, 0.3) is 0 Å². The van der Waals surface area contributed by atoms with Crippen LogP contribution >= 0.6 is 31.9 Å². The van der Waals surface area contributed by atoms with Crippen LogP contribution in [0.5, 0.6) is 11.5 Å². The van der Waals surface area contributed by atoms with Crippen molar-refractivity contribution in [3.63, 3.8) is 0 Å². The van der Waals surface area contributed by atoms with Crippen LogP contribution in [-0.2, 0) is 0 Å². The monoisotopic (exact) mass is 648 g/mol. The zero-order valence-electron chi connectivity index (χ0n) is 24.6. The summed E-state index contributed by atoms with van der Waals surface area (Å²) in [6.07, 6.45) is 14.3. The molecule has 212 valence electrons. The summed E-state index contributed by atoms with van der Waals surface area (Å²) in [5.74, 6) is 4.78. The number of benzene rings is 2. The molecule has 0 saturated heterocycles. The van der Waals surface area contributed by atoms with Crippen LogP contribution in [0.25, 0.3) is 12.2 Å². The van der Waals surface area contributed by atoms with E-state index in [4.69, 9.17) is 9.47 Å². The smallest absolute Gasteiger partial charge is 0.134 e. The Morgan fingerprint density at radius 3 is 1.34 bits per heavy atom. The summed E-state index contributed by atoms with van der Waals surface area (Å²) in [6.45, 7) is 15.4. The van der Waals surface area contributed by atoms with E-state index < -0.39 is 0 Å². The van der Waals surface area contributed by atoms with Gasteiger partial charge in [-0.1, -0.05) is 104 Å². The van der Waals surface area contributed by atoms with Gasteiger partial charge in [-0.2, -0.15) is 0 Å². The fraction of sp³-hybridized carbons (Fsp3) is 0.588. The SMILES string of the molecule is CC(C)CCCC(C)CCOc1cc(C=Cc2ccc(Br)c(OCCC(C)CCCC(C)C)c2)ccc1Br. The van der Waals surface area contributed by atoms with Crippen LogP contribution in [0.3, 0.4) is 0 Å². The second-order valence-corrected chi connectivity index (χ2v) is 13.6. The van der Waals surface area contributed by atoms with Gasteiger partial charge in [-0.05, 0) is 104 Å². The van der Waals surface area contributed by atoms with E-state index in [1.165, 1.54) is 38.5 Å². The molecule has 2 nitrogen and oxygen atoms in total. The Morgan fingerprint density at radius 2 is 0.974 bits per heavy atom. The Balaban J connectivity index is 1.87. The summed E-state index contributed by atoms with van der Waals surface area (Å²) in [7, 11) is 0. The first-order valence-electron chi connectivity index (χ1n) is 14.7. The predicted molar refractivity (Wildman–Crippen MR) is 173 cm³/mol. The third-order valence-corrected chi connectivity index (χ3v) is 8.38. The van der Waals surface area contributed by atoms with Gasteiger partial charge in [0.2, 0.25) is 0 Å². The van der Waals surface area contributed by atoms with Crippen LogP contribution in [0.15, 0.2) is 45.3 Å². The number of ether oxygens (including phenoxy) is 2. The van der Waals surface area contributed by atoms with E-state index in [2.05, 4.69) is 122 Å². The van der Waals surface area contributed by atoms with E-state index in [0.717, 1.165) is 69.5 Å². The Labute approximate surface area is 250 Å². The first-order chi connectivity index (χ1) is 18.1. The summed E-state index contributed by atoms with van der Waals surface area (Å²) in [6, 6.07) is 12.6. The quantitative estimate of drug-likeness (QED) is 0.150. The van der Waals surface area contributed by atoms with Gasteiger partial charge in [0.15, 0.2) is 0 Å². The molecule has 0 radical (unpaired) electrons. The molecule has 0 aromatic heterocycles. The molecule has 2 atom stereocenters. The molecule has 0 aliphatic carbocycles. The Bertz CT molecular complexity index is 889. The molecule has 38 heavy (non-hydrogen) atoms. The van der Waals surface area contributed by atoms with Gasteiger partial charge in [0.1, 0.15) is 11.5 Å². The number of rotatable bonds is 18. The number of hydrogen-bond donors (Lipinski definition) is 0. The average molecular weight is 651 g/mol. The molecule has 4 heteroatoms. The van der Waals surface area contributed by atoms with Crippen molar-refractivity contribution < 1.29 is 9.47 Å². The highest BCUT2D eigenvalue weighted by Crippen LogP contribution is 2.30. The zero-order valence-corrected chi connectivity index (χ0v) is 27.7. The van der Waals surface area contributed by atoms with Crippen LogP contribution < -0.4 is 9.47 Å². The molecule has 2 aromatic rings. The van der Waals surface area contributed by atoms with E-state index >= 15 is 0 Å². The first kappa shape index (κ1) is 32.9. The Hall–Kier alpha value is -1.26. The van der Waals surface area contributed by atoms with Crippen molar-refractivity contribution in [2.24, 2.45) is 23.7 Å². The molecule has 0 saturated carbocycles. The number of hydrogen-bond acceptors (Lipinski definition) is 2. The van der Waals surface area contributed by atoms with E-state index in [9.17, 15) is 0 Å². The van der Waals surface area contributed by atoms with Crippen molar-refractivity contribution in [1.82, 2.24) is 0 Å². The van der Waals surface area contributed by atoms with Crippen molar-refractivity contribution in [3.8, 4) is 11.5 Å². The van der Waals surface area contributed by atoms with Crippen LogP contribution in [0.4, 0.5) is 0 Å². The summed E-state index contributed by atoms with van der Waals surface area (Å²) in [5.41, 5.74) is 2.24. The molecule has 0 aliphatic rings. The van der Waals surface area contributed by atoms with E-state index in [1.807, 2.05) is 0 Å². The van der Waals surface area contributed by atoms with Gasteiger partial charge in [-0.25, -0.2) is 0 Å². The minimum absolute atomic E-state index is 0.692. The van der Waals surface area contributed by atoms with Crippen molar-refractivity contribution in [1.29, 1.82) is 0 Å². The van der Waals surface area contributed by atoms with Crippen LogP contribution in [0, 0.1) is 23.7 Å². The maximum Gasteiger partial charge on any atom is 0.134 e. The highest BCUT2D eigenvalue weighted by Gasteiger charge is 2.08. The third-order valence-electron chi connectivity index (χ3n) is 7.07. The summed E-state index contributed by atoms with van der Waals surface area (Å²) in [5, 5.41) is 0. The minimum atomic E-state index is 0.692. The molecule has 0 aliphatic heterocycles. The summed E-state index contributed by atoms with van der Waals surface area (Å²) < 4.78 is 14.3. The largest absolute Gasteiger partial charge is 0.492 e. The lowest BCUT2D eigenvalue weighted by molar-refractivity contribution is 0.274. The molecule has 2 aromatic carbocycles. The molecular weight excluding hydrogens is 600 g/mol. The molecule has 0 bridgehead atoms. The lowest BCUT2D eigenvalue weighted by atomic mass is 9.98. The van der Waals surface area contributed by atoms with Gasteiger partial charge < -0.3 is 9.47 Å². The van der Waals surface area contributed by atoms with Crippen LogP contribution in [-0.4, -0.2) is 13.2 Å². The maximum absolute atomic E-state index is 6.16. The van der Waals surface area contributed by atoms with Gasteiger partial charge >= 0.3 is 0 Å². The number of halogens is 2. The highest BCUT2D eigenvalue weighted by molar-refractivity contribution is 9.10. The molecular formula is C34H50Br2O2. The molecule has 2 unspecified atom stereocenters. The fourth-order valence-electron chi connectivity index (χ4n) is 4.44. The van der Waals surface area contributed by atoms with Crippen LogP contribution in [0.1, 0.15) is 104 Å². The second kappa shape index (κ2) is 18.2. The maximum atomic E-state index is 6.16. The standard InChI is InChI=1S/C34H50Br2O2/c1-25(2)9-7-11-27(5)19-21-37-33-23-29(15-17-31(33)35)13-14-30-16-18-32(36)34(24-30)38-22-20-28(6)12-8-10-26(3)4/h13-18,23-28H,7-12,19-22H2,1-6H3. The predicted octanol–water partition coefficient (Wildman–Crippen LogP) is 11.8. The highest BCUT2D eigenvalue weighted by atomic mass is 79.9. The lowest BCUT2D eigenvalue weighted by Crippen LogP contribution is -2.05. The van der Waals surface area contributed by atoms with Crippen molar-refractivity contribution >= 4 is 44.0 Å². The topological polar surface area (TPSA) is 18.5 Å². The fourth-order valence-corrected chi connectivity index (χ4v) is 5.16. The van der Waals surface area contributed by atoms with Gasteiger partial charge in [0, 0.05) is 0 Å². The second-order valence-electron chi connectivity index (χ2n) is 11.8. The Morgan fingerprint density at radius 1 is 0.579 bits per heavy atom. The lowest BCUT2D eigenvalue weighted by Gasteiger charge is -2.14. The zero-order chi connectivity index (χ0) is 27.9. The average Bonchev–Trinajstić information content (AvgIpc) is 2.85. The van der Waals surface area contributed by atoms with E-state index in [-0.39, 0.29) is 0 Å². The van der Waals surface area contributed by atoms with E-state index in [0.29, 0.717) is 11.8 Å². The molecule has 0 heterocycles. The molecule has 0 fully saturated rings. The van der Waals surface area contributed by atoms with Gasteiger partial charge in [-0.15, -0.1) is 0 Å². The van der Waals surface area contributed by atoms with Gasteiger partial charge in [-0.3, -0.25) is 0 Å². The summed E-state index contributed by atoms with van der Waals surface area (Å²) in [4.78, 5) is 0. The van der Waals surface area contributed by atoms with E-state index in [1.54, 1.807) is 0 Å². The molecule has 0 amide bonds. The van der Waals surface area contributed by atoms with Crippen molar-refractivity contribution in [2.75, 3.05) is 13.2 Å². The molecule has 2 rings (SSSR count). The Kier molecular flexibility index (Phi) is 15.7. The van der Waals surface area contributed by atoms with Crippen molar-refractivity contribution in [2.45, 2.75) is 92.9 Å². The minimum Gasteiger partial charge on any atom is -0.492 e. The van der Waals surface area contributed by atoms with Gasteiger partial charge in [0.05, 0.1) is 22.2 Å². The van der Waals surface area contributed by atoms with Crippen molar-refractivity contribution in [3.05, 3.63) is 56.5 Å². The first-order valence-corrected chi connectivity index (χ1v) is 16.2. The molecule has 0 N–H and O–H groups in total. The normalized spacial score (nSPS) is 13.4. The third kappa shape index (κ3) is 13.7.